The van der Waals surface area contributed by atoms with Gasteiger partial charge in [-0.15, -0.1) is 0 Å². The van der Waals surface area contributed by atoms with E-state index in [0.29, 0.717) is 12.0 Å². The number of likely N-dealkylation sites (N-methyl/N-ethyl adjacent to an activating group) is 1. The summed E-state index contributed by atoms with van der Waals surface area (Å²) in [7, 11) is 2.08. The minimum atomic E-state index is 0.633. The minimum Gasteiger partial charge on any atom is -0.316 e. The van der Waals surface area contributed by atoms with Crippen LogP contribution in [0.4, 0.5) is 0 Å². The summed E-state index contributed by atoms with van der Waals surface area (Å²) in [6.45, 7) is 0. The predicted molar refractivity (Wildman–Crippen MR) is 71.2 cm³/mol. The fourth-order valence-electron chi connectivity index (χ4n) is 3.15. The Balaban J connectivity index is 2.10. The van der Waals surface area contributed by atoms with Crippen LogP contribution in [-0.4, -0.2) is 18.1 Å². The molecule has 1 aliphatic rings. The molecular formula is C15H18N2. The molecule has 1 N–H and O–H groups in total. The highest BCUT2D eigenvalue weighted by molar-refractivity contribution is 5.85. The Bertz CT molecular complexity index is 516. The van der Waals surface area contributed by atoms with Crippen molar-refractivity contribution < 1.29 is 0 Å². The van der Waals surface area contributed by atoms with Gasteiger partial charge in [0.2, 0.25) is 0 Å². The van der Waals surface area contributed by atoms with Crippen LogP contribution >= 0.6 is 0 Å². The number of aromatic nitrogens is 1. The molecule has 0 aliphatic heterocycles. The normalized spacial score (nSPS) is 24.3. The molecule has 1 heterocycles. The first kappa shape index (κ1) is 10.7. The van der Waals surface area contributed by atoms with Gasteiger partial charge in [-0.05, 0) is 42.8 Å². The summed E-state index contributed by atoms with van der Waals surface area (Å²) >= 11 is 0. The van der Waals surface area contributed by atoms with Crippen LogP contribution in [0.25, 0.3) is 10.8 Å². The van der Waals surface area contributed by atoms with Gasteiger partial charge >= 0.3 is 0 Å². The van der Waals surface area contributed by atoms with Crippen molar-refractivity contribution in [2.75, 3.05) is 7.05 Å². The lowest BCUT2D eigenvalue weighted by Gasteiger charge is -2.20. The van der Waals surface area contributed by atoms with Crippen molar-refractivity contribution in [3.05, 3.63) is 42.2 Å². The Morgan fingerprint density at radius 2 is 2.18 bits per heavy atom. The molecule has 1 aliphatic carbocycles. The van der Waals surface area contributed by atoms with E-state index in [1.807, 2.05) is 12.4 Å². The van der Waals surface area contributed by atoms with Crippen LogP contribution in [0.5, 0.6) is 0 Å². The highest BCUT2D eigenvalue weighted by Gasteiger charge is 2.28. The third-order valence-electron chi connectivity index (χ3n) is 4.00. The van der Waals surface area contributed by atoms with Crippen LogP contribution in [0.15, 0.2) is 36.7 Å². The largest absolute Gasteiger partial charge is 0.316 e. The molecule has 2 aromatic rings. The fourth-order valence-corrected chi connectivity index (χ4v) is 3.15. The molecule has 1 fully saturated rings. The summed E-state index contributed by atoms with van der Waals surface area (Å²) in [4.78, 5) is 4.20. The Kier molecular flexibility index (Phi) is 2.81. The smallest absolute Gasteiger partial charge is 0.0346 e. The first-order valence-electron chi connectivity index (χ1n) is 6.40. The van der Waals surface area contributed by atoms with Crippen LogP contribution in [0.1, 0.15) is 30.7 Å². The summed E-state index contributed by atoms with van der Waals surface area (Å²) in [5.74, 6) is 0.658. The second-order valence-corrected chi connectivity index (χ2v) is 4.88. The van der Waals surface area contributed by atoms with Gasteiger partial charge in [0.1, 0.15) is 0 Å². The second-order valence-electron chi connectivity index (χ2n) is 4.88. The van der Waals surface area contributed by atoms with E-state index in [1.54, 1.807) is 0 Å². The third-order valence-corrected chi connectivity index (χ3v) is 4.00. The molecule has 0 spiro atoms. The zero-order valence-corrected chi connectivity index (χ0v) is 10.2. The lowest BCUT2D eigenvalue weighted by Crippen LogP contribution is -2.27. The molecule has 3 rings (SSSR count). The van der Waals surface area contributed by atoms with Gasteiger partial charge in [0.15, 0.2) is 0 Å². The zero-order valence-electron chi connectivity index (χ0n) is 10.2. The van der Waals surface area contributed by atoms with Crippen LogP contribution < -0.4 is 5.32 Å². The average Bonchev–Trinajstić information content (AvgIpc) is 2.86. The Hall–Kier alpha value is -1.41. The van der Waals surface area contributed by atoms with E-state index < -0.39 is 0 Å². The molecular weight excluding hydrogens is 208 g/mol. The van der Waals surface area contributed by atoms with E-state index in [2.05, 4.69) is 41.6 Å². The number of hydrogen-bond donors (Lipinski definition) is 1. The fraction of sp³-hybridized carbons (Fsp3) is 0.400. The van der Waals surface area contributed by atoms with E-state index in [-0.39, 0.29) is 0 Å². The van der Waals surface area contributed by atoms with Crippen LogP contribution in [0.2, 0.25) is 0 Å². The first-order valence-corrected chi connectivity index (χ1v) is 6.40. The molecule has 2 atom stereocenters. The first-order chi connectivity index (χ1) is 8.40. The van der Waals surface area contributed by atoms with E-state index in [0.717, 1.165) is 0 Å². The molecule has 2 nitrogen and oxygen atoms in total. The maximum absolute atomic E-state index is 4.20. The molecule has 0 saturated heterocycles. The molecule has 17 heavy (non-hydrogen) atoms. The lowest BCUT2D eigenvalue weighted by atomic mass is 9.90. The van der Waals surface area contributed by atoms with Gasteiger partial charge in [-0.25, -0.2) is 0 Å². The van der Waals surface area contributed by atoms with Gasteiger partial charge in [-0.2, -0.15) is 0 Å². The summed E-state index contributed by atoms with van der Waals surface area (Å²) in [6.07, 6.45) is 7.78. The zero-order chi connectivity index (χ0) is 11.7. The average molecular weight is 226 g/mol. The SMILES string of the molecule is CNC1CCCC1c1cccc2cnccc12. The van der Waals surface area contributed by atoms with Crippen molar-refractivity contribution in [1.29, 1.82) is 0 Å². The van der Waals surface area contributed by atoms with Gasteiger partial charge in [0, 0.05) is 23.8 Å². The second kappa shape index (κ2) is 4.46. The quantitative estimate of drug-likeness (QED) is 0.851. The molecule has 0 amide bonds. The van der Waals surface area contributed by atoms with Crippen molar-refractivity contribution in [2.45, 2.75) is 31.2 Å². The van der Waals surface area contributed by atoms with Gasteiger partial charge in [0.25, 0.3) is 0 Å². The molecule has 1 aromatic carbocycles. The monoisotopic (exact) mass is 226 g/mol. The Morgan fingerprint density at radius 1 is 1.24 bits per heavy atom. The van der Waals surface area contributed by atoms with Crippen molar-refractivity contribution in [2.24, 2.45) is 0 Å². The number of fused-ring (bicyclic) bond motifs is 1. The summed E-state index contributed by atoms with van der Waals surface area (Å²) in [5, 5.41) is 6.09. The summed E-state index contributed by atoms with van der Waals surface area (Å²) < 4.78 is 0. The van der Waals surface area contributed by atoms with Crippen molar-refractivity contribution in [3.8, 4) is 0 Å². The highest BCUT2D eigenvalue weighted by atomic mass is 14.9. The number of rotatable bonds is 2. The Morgan fingerprint density at radius 3 is 3.06 bits per heavy atom. The van der Waals surface area contributed by atoms with E-state index in [4.69, 9.17) is 0 Å². The number of nitrogens with one attached hydrogen (secondary N) is 1. The number of hydrogen-bond acceptors (Lipinski definition) is 2. The molecule has 0 bridgehead atoms. The van der Waals surface area contributed by atoms with Gasteiger partial charge in [-0.3, -0.25) is 4.98 Å². The Labute approximate surface area is 102 Å². The van der Waals surface area contributed by atoms with Crippen LogP contribution in [0.3, 0.4) is 0 Å². The number of benzene rings is 1. The maximum atomic E-state index is 4.20. The van der Waals surface area contributed by atoms with Crippen molar-refractivity contribution >= 4 is 10.8 Å². The molecule has 1 saturated carbocycles. The van der Waals surface area contributed by atoms with Crippen molar-refractivity contribution in [3.63, 3.8) is 0 Å². The predicted octanol–water partition coefficient (Wildman–Crippen LogP) is 3.09. The molecule has 2 heteroatoms. The van der Waals surface area contributed by atoms with E-state index in [9.17, 15) is 0 Å². The molecule has 2 unspecified atom stereocenters. The topological polar surface area (TPSA) is 24.9 Å². The van der Waals surface area contributed by atoms with Gasteiger partial charge in [-0.1, -0.05) is 24.6 Å². The van der Waals surface area contributed by atoms with Crippen LogP contribution in [0, 0.1) is 0 Å². The van der Waals surface area contributed by atoms with Crippen molar-refractivity contribution in [1.82, 2.24) is 10.3 Å². The lowest BCUT2D eigenvalue weighted by molar-refractivity contribution is 0.524. The number of pyridine rings is 1. The summed E-state index contributed by atoms with van der Waals surface area (Å²) in [5.41, 5.74) is 1.49. The van der Waals surface area contributed by atoms with E-state index in [1.165, 1.54) is 35.6 Å². The summed E-state index contributed by atoms with van der Waals surface area (Å²) in [6, 6.07) is 9.37. The van der Waals surface area contributed by atoms with Crippen LogP contribution in [-0.2, 0) is 0 Å². The van der Waals surface area contributed by atoms with Gasteiger partial charge < -0.3 is 5.32 Å². The molecule has 88 valence electrons. The third kappa shape index (κ3) is 1.83. The maximum Gasteiger partial charge on any atom is 0.0346 e. The van der Waals surface area contributed by atoms with E-state index >= 15 is 0 Å². The molecule has 1 aromatic heterocycles. The number of nitrogens with zero attached hydrogens (tertiary/aromatic N) is 1. The highest BCUT2D eigenvalue weighted by Crippen LogP contribution is 2.37. The molecule has 0 radical (unpaired) electrons. The standard InChI is InChI=1S/C15H18N2/c1-16-15-7-3-6-14(15)13-5-2-4-11-10-17-9-8-12(11)13/h2,4-5,8-10,14-16H,3,6-7H2,1H3. The minimum absolute atomic E-state index is 0.633. The van der Waals surface area contributed by atoms with Gasteiger partial charge in [0.05, 0.1) is 0 Å².